The van der Waals surface area contributed by atoms with Gasteiger partial charge < -0.3 is 9.94 Å². The highest BCUT2D eigenvalue weighted by atomic mass is 35.5. The van der Waals surface area contributed by atoms with Gasteiger partial charge in [-0.15, -0.1) is 0 Å². The molecule has 0 amide bonds. The zero-order valence-corrected chi connectivity index (χ0v) is 11.4. The van der Waals surface area contributed by atoms with Gasteiger partial charge in [-0.2, -0.15) is 5.10 Å². The Balaban J connectivity index is 2.88. The summed E-state index contributed by atoms with van der Waals surface area (Å²) < 4.78 is 4.73. The smallest absolute Gasteiger partial charge is 0.360 e. The molecule has 19 heavy (non-hydrogen) atoms. The van der Waals surface area contributed by atoms with E-state index in [1.807, 2.05) is 0 Å². The predicted octanol–water partition coefficient (Wildman–Crippen LogP) is 2.78. The van der Waals surface area contributed by atoms with E-state index < -0.39 is 5.97 Å². The number of ether oxygens (including phenoxy) is 1. The second-order valence-corrected chi connectivity index (χ2v) is 4.04. The third-order valence-corrected chi connectivity index (χ3v) is 2.44. The molecule has 6 nitrogen and oxygen atoms in total. The minimum Gasteiger partial charge on any atom is -0.461 e. The van der Waals surface area contributed by atoms with Crippen LogP contribution in [0.2, 0.25) is 10.0 Å². The number of oxime groups is 1. The number of benzene rings is 1. The van der Waals surface area contributed by atoms with Crippen LogP contribution in [0.5, 0.6) is 0 Å². The Morgan fingerprint density at radius 1 is 1.53 bits per heavy atom. The predicted molar refractivity (Wildman–Crippen MR) is 74.4 cm³/mol. The van der Waals surface area contributed by atoms with Gasteiger partial charge in [-0.25, -0.2) is 4.79 Å². The van der Waals surface area contributed by atoms with Crippen LogP contribution in [0.15, 0.2) is 28.5 Å². The first-order valence-corrected chi connectivity index (χ1v) is 5.97. The van der Waals surface area contributed by atoms with Gasteiger partial charge in [-0.3, -0.25) is 5.43 Å². The van der Waals surface area contributed by atoms with Gasteiger partial charge in [0.25, 0.3) is 0 Å². The summed E-state index contributed by atoms with van der Waals surface area (Å²) >= 11 is 11.7. The van der Waals surface area contributed by atoms with Gasteiger partial charge in [-0.1, -0.05) is 28.4 Å². The molecule has 0 saturated carbocycles. The summed E-state index contributed by atoms with van der Waals surface area (Å²) in [5.41, 5.74) is 2.80. The lowest BCUT2D eigenvalue weighted by Gasteiger charge is -2.05. The molecule has 0 aliphatic rings. The van der Waals surface area contributed by atoms with Crippen LogP contribution in [0.25, 0.3) is 0 Å². The Morgan fingerprint density at radius 2 is 2.26 bits per heavy atom. The van der Waals surface area contributed by atoms with E-state index >= 15 is 0 Å². The van der Waals surface area contributed by atoms with Crippen molar-refractivity contribution in [1.29, 1.82) is 0 Å². The van der Waals surface area contributed by atoms with Crippen molar-refractivity contribution in [3.05, 3.63) is 28.2 Å². The van der Waals surface area contributed by atoms with Crippen molar-refractivity contribution >= 4 is 46.8 Å². The molecule has 8 heteroatoms. The van der Waals surface area contributed by atoms with E-state index in [4.69, 9.17) is 33.1 Å². The van der Waals surface area contributed by atoms with Crippen molar-refractivity contribution in [3.63, 3.8) is 0 Å². The van der Waals surface area contributed by atoms with E-state index in [0.717, 1.165) is 6.21 Å². The van der Waals surface area contributed by atoms with Crippen LogP contribution in [0.3, 0.4) is 0 Å². The average Bonchev–Trinajstić information content (AvgIpc) is 2.36. The topological polar surface area (TPSA) is 83.3 Å². The number of hydrogen-bond acceptors (Lipinski definition) is 6. The molecule has 0 heterocycles. The van der Waals surface area contributed by atoms with Crippen molar-refractivity contribution in [2.24, 2.45) is 10.3 Å². The molecule has 1 aromatic rings. The van der Waals surface area contributed by atoms with E-state index in [-0.39, 0.29) is 12.3 Å². The summed E-state index contributed by atoms with van der Waals surface area (Å²) in [6.07, 6.45) is 0.856. The van der Waals surface area contributed by atoms with Gasteiger partial charge in [0, 0.05) is 5.02 Å². The third-order valence-electron chi connectivity index (χ3n) is 1.89. The molecule has 0 radical (unpaired) electrons. The van der Waals surface area contributed by atoms with E-state index in [1.165, 1.54) is 6.07 Å². The second-order valence-electron chi connectivity index (χ2n) is 3.20. The third kappa shape index (κ3) is 4.76. The zero-order chi connectivity index (χ0) is 14.3. The molecule has 0 unspecified atom stereocenters. The lowest BCUT2D eigenvalue weighted by Crippen LogP contribution is -2.20. The Kier molecular flexibility index (Phi) is 6.11. The van der Waals surface area contributed by atoms with Crippen LogP contribution in [0.4, 0.5) is 5.69 Å². The number of halogens is 2. The van der Waals surface area contributed by atoms with E-state index in [9.17, 15) is 4.79 Å². The standard InChI is InChI=1S/C11H11Cl2N3O3/c1-2-19-11(17)10(6-14-18)16-15-9-4-3-7(12)5-8(9)13/h3-6,15,18H,2H2,1H3/b14-6+,16-10+. The SMILES string of the molecule is CCOC(=O)C(/C=N/O)=N/Nc1ccc(Cl)cc1Cl. The minimum absolute atomic E-state index is 0.179. The lowest BCUT2D eigenvalue weighted by atomic mass is 10.3. The molecule has 0 aliphatic carbocycles. The molecule has 102 valence electrons. The average molecular weight is 304 g/mol. The summed E-state index contributed by atoms with van der Waals surface area (Å²) in [5, 5.41) is 15.7. The number of hydrogen-bond donors (Lipinski definition) is 2. The van der Waals surface area contributed by atoms with Crippen molar-refractivity contribution < 1.29 is 14.7 Å². The fourth-order valence-electron chi connectivity index (χ4n) is 1.09. The van der Waals surface area contributed by atoms with Gasteiger partial charge in [0.15, 0.2) is 5.71 Å². The molecule has 0 saturated heterocycles. The van der Waals surface area contributed by atoms with Crippen LogP contribution in [-0.2, 0) is 9.53 Å². The Hall–Kier alpha value is -1.79. The summed E-state index contributed by atoms with van der Waals surface area (Å²) in [7, 11) is 0. The monoisotopic (exact) mass is 303 g/mol. The Labute approximate surface area is 119 Å². The van der Waals surface area contributed by atoms with Crippen LogP contribution >= 0.6 is 23.2 Å². The maximum Gasteiger partial charge on any atom is 0.360 e. The lowest BCUT2D eigenvalue weighted by molar-refractivity contribution is -0.134. The van der Waals surface area contributed by atoms with E-state index in [2.05, 4.69) is 15.7 Å². The number of carbonyl (C=O) groups excluding carboxylic acids is 1. The zero-order valence-electron chi connectivity index (χ0n) is 9.93. The highest BCUT2D eigenvalue weighted by Crippen LogP contribution is 2.25. The molecule has 0 fully saturated rings. The summed E-state index contributed by atoms with van der Waals surface area (Å²) in [5.74, 6) is -0.724. The first-order chi connectivity index (χ1) is 9.08. The van der Waals surface area contributed by atoms with Gasteiger partial charge in [-0.05, 0) is 25.1 Å². The normalized spacial score (nSPS) is 11.6. The fraction of sp³-hybridized carbons (Fsp3) is 0.182. The number of nitrogens with one attached hydrogen (secondary N) is 1. The largest absolute Gasteiger partial charge is 0.461 e. The summed E-state index contributed by atoms with van der Waals surface area (Å²) in [6.45, 7) is 1.83. The van der Waals surface area contributed by atoms with Crippen molar-refractivity contribution in [2.75, 3.05) is 12.0 Å². The van der Waals surface area contributed by atoms with Crippen molar-refractivity contribution in [1.82, 2.24) is 0 Å². The molecule has 2 N–H and O–H groups in total. The number of nitrogens with zero attached hydrogens (tertiary/aromatic N) is 2. The molecular formula is C11H11Cl2N3O3. The summed E-state index contributed by atoms with van der Waals surface area (Å²) in [4.78, 5) is 11.4. The number of carbonyl (C=O) groups is 1. The number of anilines is 1. The maximum atomic E-state index is 11.4. The second kappa shape index (κ2) is 7.60. The van der Waals surface area contributed by atoms with Gasteiger partial charge in [0.1, 0.15) is 6.21 Å². The quantitative estimate of drug-likeness (QED) is 0.379. The highest BCUT2D eigenvalue weighted by Gasteiger charge is 2.11. The van der Waals surface area contributed by atoms with Crippen LogP contribution in [0, 0.1) is 0 Å². The fourth-order valence-corrected chi connectivity index (χ4v) is 1.54. The molecule has 0 spiro atoms. The molecule has 0 aliphatic heterocycles. The first kappa shape index (κ1) is 15.3. The molecule has 1 aromatic carbocycles. The molecule has 0 atom stereocenters. The van der Waals surface area contributed by atoms with E-state index in [0.29, 0.717) is 15.7 Å². The van der Waals surface area contributed by atoms with Crippen LogP contribution in [0.1, 0.15) is 6.92 Å². The molecule has 1 rings (SSSR count). The first-order valence-electron chi connectivity index (χ1n) is 5.21. The molecular weight excluding hydrogens is 293 g/mol. The molecule has 0 bridgehead atoms. The van der Waals surface area contributed by atoms with Gasteiger partial charge >= 0.3 is 5.97 Å². The van der Waals surface area contributed by atoms with E-state index in [1.54, 1.807) is 19.1 Å². The number of esters is 1. The van der Waals surface area contributed by atoms with Gasteiger partial charge in [0.2, 0.25) is 0 Å². The van der Waals surface area contributed by atoms with Crippen LogP contribution < -0.4 is 5.43 Å². The molecule has 0 aromatic heterocycles. The number of rotatable bonds is 5. The number of hydrazone groups is 1. The highest BCUT2D eigenvalue weighted by molar-refractivity contribution is 6.59. The van der Waals surface area contributed by atoms with Crippen LogP contribution in [-0.4, -0.2) is 29.7 Å². The van der Waals surface area contributed by atoms with Crippen molar-refractivity contribution in [2.45, 2.75) is 6.92 Å². The minimum atomic E-state index is -0.724. The summed E-state index contributed by atoms with van der Waals surface area (Å²) in [6, 6.07) is 4.72. The Morgan fingerprint density at radius 3 is 2.84 bits per heavy atom. The maximum absolute atomic E-state index is 11.4. The Bertz CT molecular complexity index is 518. The van der Waals surface area contributed by atoms with Crippen molar-refractivity contribution in [3.8, 4) is 0 Å². The van der Waals surface area contributed by atoms with Gasteiger partial charge in [0.05, 0.1) is 17.3 Å².